The predicted octanol–water partition coefficient (Wildman–Crippen LogP) is 23.5. The topological polar surface area (TPSA) is 15.8 Å². The van der Waals surface area contributed by atoms with E-state index in [4.69, 9.17) is 5.48 Å². The van der Waals surface area contributed by atoms with Crippen LogP contribution in [0.25, 0.3) is 132 Å². The molecule has 5 heteroatoms. The second-order valence-electron chi connectivity index (χ2n) is 26.5. The summed E-state index contributed by atoms with van der Waals surface area (Å²) < 4.78 is 149. The van der Waals surface area contributed by atoms with Crippen molar-refractivity contribution < 1.29 is 20.6 Å². The maximum atomic E-state index is 10.8. The second kappa shape index (κ2) is 22.1. The summed E-state index contributed by atoms with van der Waals surface area (Å²) in [5.74, 6) is -1.67. The highest BCUT2D eigenvalue weighted by Gasteiger charge is 2.48. The second-order valence-corrected chi connectivity index (χ2v) is 26.5. The molecular weight excluding hydrogens is 1230 g/mol. The van der Waals surface area contributed by atoms with Crippen LogP contribution in [0, 0.1) is 0 Å². The smallest absolute Gasteiger partial charge is 0.252 e. The van der Waals surface area contributed by atoms with Gasteiger partial charge in [-0.25, -0.2) is 0 Å². The standard InChI is InChI=1S/C97H61BN4/c1-6-28-61(29-7-1)66-52-57-87-82(59-66)98-81-55-54-68(99-83-49-23-20-40-75(83)80-58-67(53-56-86(80)99)89-76-41-18-16-38-73(76)74-39-17-19-42-77(74)89)60-88(81)102(94-71(64-34-12-4-13-35-64)47-27-48-72(94)65-36-14-5-15-37-65)97-91-79-44-22-25-51-85(79)100-84-50-24-21-43-78(84)90(95(91)100)96(92(97)98)101(87)93-69(62-30-8-2-9-31-62)45-26-46-70(93)63-32-10-3-11-33-63/h1-60,89H/i16D,17D,18D,19D,20D,23D,38D,39D,40D,41D,42D,49D,53D,56D,58D. The lowest BCUT2D eigenvalue weighted by molar-refractivity contribution is 1.02. The van der Waals surface area contributed by atoms with Crippen molar-refractivity contribution in [1.82, 2.24) is 8.97 Å². The zero-order chi connectivity index (χ0) is 79.7. The number of rotatable bonds is 9. The van der Waals surface area contributed by atoms with E-state index < -0.39 is 103 Å². The minimum atomic E-state index is -1.67. The van der Waals surface area contributed by atoms with Gasteiger partial charge in [-0.1, -0.05) is 315 Å². The van der Waals surface area contributed by atoms with E-state index in [0.29, 0.717) is 5.69 Å². The predicted molar refractivity (Wildman–Crippen MR) is 429 cm³/mol. The Hall–Kier alpha value is -13.2. The molecule has 0 spiro atoms. The minimum Gasteiger partial charge on any atom is -0.309 e. The van der Waals surface area contributed by atoms with E-state index in [1.165, 1.54) is 0 Å². The molecule has 0 N–H and O–H groups in total. The fourth-order valence-electron chi connectivity index (χ4n) is 17.2. The lowest BCUT2D eigenvalue weighted by Gasteiger charge is -2.46. The van der Waals surface area contributed by atoms with Crippen LogP contribution in [-0.4, -0.2) is 15.7 Å². The first-order valence-electron chi connectivity index (χ1n) is 41.8. The van der Waals surface area contributed by atoms with Gasteiger partial charge in [-0.05, 0) is 126 Å². The Kier molecular flexibility index (Phi) is 9.54. The molecular formula is C97H61BN4. The summed E-state index contributed by atoms with van der Waals surface area (Å²) in [6.07, 6.45) is 0. The Balaban J connectivity index is 0.940. The zero-order valence-electron chi connectivity index (χ0n) is 69.4. The molecule has 0 unspecified atom stereocenters. The molecule has 16 aromatic carbocycles. The quantitative estimate of drug-likeness (QED) is 0.134. The highest BCUT2D eigenvalue weighted by Crippen LogP contribution is 2.59. The lowest BCUT2D eigenvalue weighted by atomic mass is 9.33. The van der Waals surface area contributed by atoms with Gasteiger partial charge in [-0.2, -0.15) is 0 Å². The molecule has 0 saturated carbocycles. The third kappa shape index (κ3) is 8.10. The number of benzene rings is 16. The summed E-state index contributed by atoms with van der Waals surface area (Å²) >= 11 is 0. The van der Waals surface area contributed by atoms with Crippen LogP contribution in [0.1, 0.15) is 43.2 Å². The number of anilines is 6. The van der Waals surface area contributed by atoms with E-state index in [0.717, 1.165) is 139 Å². The van der Waals surface area contributed by atoms with Crippen molar-refractivity contribution in [3.05, 3.63) is 380 Å². The van der Waals surface area contributed by atoms with Gasteiger partial charge in [0.05, 0.1) is 70.9 Å². The Morgan fingerprint density at radius 2 is 0.775 bits per heavy atom. The third-order valence-corrected chi connectivity index (χ3v) is 21.3. The Bertz CT molecular complexity index is 7400. The van der Waals surface area contributed by atoms with Gasteiger partial charge in [0.1, 0.15) is 0 Å². The summed E-state index contributed by atoms with van der Waals surface area (Å²) in [4.78, 5) is 4.98. The van der Waals surface area contributed by atoms with Crippen molar-refractivity contribution in [3.63, 3.8) is 0 Å². The SMILES string of the molecule is [2H]c1c([2H])c([2H])c2c(c1[2H])-c1c([2H])c([2H])c([2H])c([2H])c1C2c1c([2H])c([2H])c2c(c1[2H])c1c([2H])c([2H])c([2H])c([2H])c1n2-c1ccc2c(c1)N(c1c(-c3ccccc3)cccc1-c1ccccc1)c1c3c(c4c5ccccc5n5c6ccccc6c1c45)N(c1c(-c4ccccc4)cccc1-c1ccccc1)c1ccc(-c4ccccc4)cc1B23. The van der Waals surface area contributed by atoms with Gasteiger partial charge in [0.25, 0.3) is 6.71 Å². The summed E-state index contributed by atoms with van der Waals surface area (Å²) in [5.41, 5.74) is 19.2. The van der Waals surface area contributed by atoms with Crippen molar-refractivity contribution >= 4 is 117 Å². The maximum Gasteiger partial charge on any atom is 0.252 e. The molecule has 472 valence electrons. The van der Waals surface area contributed by atoms with Gasteiger partial charge >= 0.3 is 0 Å². The first kappa shape index (κ1) is 43.9. The molecule has 0 amide bonds. The van der Waals surface area contributed by atoms with Crippen molar-refractivity contribution in [2.45, 2.75) is 5.92 Å². The van der Waals surface area contributed by atoms with Crippen LogP contribution >= 0.6 is 0 Å². The van der Waals surface area contributed by atoms with E-state index in [1.54, 1.807) is 4.57 Å². The Morgan fingerprint density at radius 1 is 0.304 bits per heavy atom. The third-order valence-electron chi connectivity index (χ3n) is 21.3. The van der Waals surface area contributed by atoms with Crippen LogP contribution in [0.5, 0.6) is 0 Å². The van der Waals surface area contributed by atoms with E-state index in [2.05, 4.69) is 220 Å². The zero-order valence-corrected chi connectivity index (χ0v) is 54.4. The molecule has 19 aromatic rings. The van der Waals surface area contributed by atoms with Crippen molar-refractivity contribution in [3.8, 4) is 72.4 Å². The van der Waals surface area contributed by atoms with Crippen LogP contribution in [0.2, 0.25) is 0 Å². The maximum absolute atomic E-state index is 10.8. The van der Waals surface area contributed by atoms with Gasteiger partial charge in [0, 0.05) is 77.6 Å². The monoisotopic (exact) mass is 1310 g/mol. The number of hydrogen-bond donors (Lipinski definition) is 0. The Labute approximate surface area is 612 Å². The summed E-state index contributed by atoms with van der Waals surface area (Å²) in [5, 5.41) is 3.64. The number of para-hydroxylation sites is 5. The number of hydrogen-bond acceptors (Lipinski definition) is 2. The van der Waals surface area contributed by atoms with E-state index in [-0.39, 0.29) is 55.3 Å². The normalized spacial score (nSPS) is 15.1. The fourth-order valence-corrected chi connectivity index (χ4v) is 17.2. The molecule has 0 fully saturated rings. The molecule has 4 nitrogen and oxygen atoms in total. The van der Waals surface area contributed by atoms with Gasteiger partial charge in [0.15, 0.2) is 0 Å². The first-order chi connectivity index (χ1) is 56.9. The molecule has 2 aliphatic heterocycles. The largest absolute Gasteiger partial charge is 0.309 e. The van der Waals surface area contributed by atoms with Crippen LogP contribution in [0.15, 0.2) is 364 Å². The molecule has 3 aromatic heterocycles. The highest BCUT2D eigenvalue weighted by molar-refractivity contribution is 7.01. The van der Waals surface area contributed by atoms with Crippen LogP contribution in [0.3, 0.4) is 0 Å². The number of aromatic nitrogens is 2. The highest BCUT2D eigenvalue weighted by atomic mass is 15.2. The molecule has 1 aliphatic carbocycles. The molecule has 102 heavy (non-hydrogen) atoms. The van der Waals surface area contributed by atoms with Gasteiger partial charge < -0.3 is 18.8 Å². The summed E-state index contributed by atoms with van der Waals surface area (Å²) in [7, 11) is 0. The van der Waals surface area contributed by atoms with E-state index in [9.17, 15) is 15.1 Å². The van der Waals surface area contributed by atoms with Gasteiger partial charge in [-0.3, -0.25) is 0 Å². The number of fused-ring (bicyclic) bond motifs is 18. The molecule has 5 heterocycles. The molecule has 0 radical (unpaired) electrons. The molecule has 0 bridgehead atoms. The first-order valence-corrected chi connectivity index (χ1v) is 34.3. The number of nitrogens with zero attached hydrogens (tertiary/aromatic N) is 4. The summed E-state index contributed by atoms with van der Waals surface area (Å²) in [6.45, 7) is -0.640. The van der Waals surface area contributed by atoms with E-state index >= 15 is 0 Å². The van der Waals surface area contributed by atoms with Gasteiger partial charge in [-0.15, -0.1) is 0 Å². The fraction of sp³-hybridized carbons (Fsp3) is 0.0103. The molecule has 3 aliphatic rings. The van der Waals surface area contributed by atoms with Crippen molar-refractivity contribution in [2.24, 2.45) is 0 Å². The van der Waals surface area contributed by atoms with Crippen molar-refractivity contribution in [1.29, 1.82) is 0 Å². The van der Waals surface area contributed by atoms with E-state index in [1.807, 2.05) is 66.7 Å². The van der Waals surface area contributed by atoms with Crippen LogP contribution in [-0.2, 0) is 0 Å². The van der Waals surface area contributed by atoms with Gasteiger partial charge in [0.2, 0.25) is 0 Å². The average Bonchev–Trinajstić information content (AvgIpc) is 1.56. The lowest BCUT2D eigenvalue weighted by Crippen LogP contribution is -2.61. The molecule has 0 atom stereocenters. The minimum absolute atomic E-state index is 0.124. The molecule has 22 rings (SSSR count). The summed E-state index contributed by atoms with van der Waals surface area (Å²) in [6, 6.07) is 86.2. The molecule has 0 saturated heterocycles. The Morgan fingerprint density at radius 3 is 1.32 bits per heavy atom. The van der Waals surface area contributed by atoms with Crippen LogP contribution in [0.4, 0.5) is 34.1 Å². The average molecular weight is 1310 g/mol. The van der Waals surface area contributed by atoms with Crippen molar-refractivity contribution in [2.75, 3.05) is 9.80 Å². The van der Waals surface area contributed by atoms with Crippen LogP contribution < -0.4 is 26.2 Å².